The molecule has 1 saturated heterocycles. The van der Waals surface area contributed by atoms with Gasteiger partial charge in [-0.15, -0.1) is 0 Å². The van der Waals surface area contributed by atoms with Crippen molar-refractivity contribution in [1.82, 2.24) is 0 Å². The van der Waals surface area contributed by atoms with Crippen LogP contribution in [0.15, 0.2) is 42.2 Å². The van der Waals surface area contributed by atoms with Crippen LogP contribution in [0.1, 0.15) is 39.2 Å². The van der Waals surface area contributed by atoms with E-state index in [-0.39, 0.29) is 23.6 Å². The lowest BCUT2D eigenvalue weighted by atomic mass is 9.79. The summed E-state index contributed by atoms with van der Waals surface area (Å²) in [6.07, 6.45) is 1.59. The van der Waals surface area contributed by atoms with E-state index in [2.05, 4.69) is 0 Å². The van der Waals surface area contributed by atoms with Gasteiger partial charge in [0, 0.05) is 17.8 Å². The van der Waals surface area contributed by atoms with Crippen LogP contribution in [-0.2, 0) is 19.9 Å². The molecule has 3 nitrogen and oxygen atoms in total. The van der Waals surface area contributed by atoms with E-state index >= 15 is 0 Å². The molecule has 1 aliphatic heterocycles. The smallest absolute Gasteiger partial charge is 0.345 e. The third-order valence-electron chi connectivity index (χ3n) is 4.36. The Morgan fingerprint density at radius 3 is 2.41 bits per heavy atom. The summed E-state index contributed by atoms with van der Waals surface area (Å²) in [5.74, 6) is -0.864. The third kappa shape index (κ3) is 2.35. The van der Waals surface area contributed by atoms with Crippen LogP contribution in [-0.4, -0.2) is 12.3 Å². The molecular weight excluding hydrogens is 283 g/mol. The monoisotopic (exact) mass is 304 g/mol. The lowest BCUT2D eigenvalue weighted by molar-refractivity contribution is -0.161. The standard InChI is InChI=1S/C18H21FO3/c1-17(2,3)16-21-15(20)18(22-16,12-7-5-4-6-8-12)13-9-10-14(19)11-13/h4-8,10,13,16H,9,11H2,1-3H3/t13-,16+,18+/m1/s1. The SMILES string of the molecule is CC(C)(C)[C@H]1OC(=O)[C@](c2ccccc2)([C@@H]2CC=C(F)C2)O1. The van der Waals surface area contributed by atoms with Crippen molar-refractivity contribution in [1.29, 1.82) is 0 Å². The van der Waals surface area contributed by atoms with E-state index in [4.69, 9.17) is 9.47 Å². The number of benzene rings is 1. The first-order chi connectivity index (χ1) is 10.3. The van der Waals surface area contributed by atoms with Crippen molar-refractivity contribution in [3.05, 3.63) is 47.8 Å². The van der Waals surface area contributed by atoms with E-state index in [0.717, 1.165) is 5.56 Å². The second kappa shape index (κ2) is 5.20. The predicted octanol–water partition coefficient (Wildman–Crippen LogP) is 4.09. The maximum Gasteiger partial charge on any atom is 0.345 e. The minimum Gasteiger partial charge on any atom is -0.433 e. The number of carbonyl (C=O) groups is 1. The highest BCUT2D eigenvalue weighted by molar-refractivity contribution is 5.83. The molecule has 0 unspecified atom stereocenters. The molecule has 0 bridgehead atoms. The Hall–Kier alpha value is -1.68. The van der Waals surface area contributed by atoms with Crippen molar-refractivity contribution < 1.29 is 18.7 Å². The Morgan fingerprint density at radius 1 is 1.23 bits per heavy atom. The van der Waals surface area contributed by atoms with Gasteiger partial charge in [-0.05, 0) is 12.0 Å². The van der Waals surface area contributed by atoms with Gasteiger partial charge in [0.05, 0.1) is 5.83 Å². The Labute approximate surface area is 130 Å². The molecule has 2 aliphatic rings. The average molecular weight is 304 g/mol. The van der Waals surface area contributed by atoms with Crippen molar-refractivity contribution in [3.63, 3.8) is 0 Å². The molecule has 3 atom stereocenters. The normalized spacial score (nSPS) is 32.0. The molecule has 0 aromatic heterocycles. The summed E-state index contributed by atoms with van der Waals surface area (Å²) < 4.78 is 25.3. The Kier molecular flexibility index (Phi) is 3.60. The van der Waals surface area contributed by atoms with Crippen LogP contribution < -0.4 is 0 Å². The summed E-state index contributed by atoms with van der Waals surface area (Å²) in [5, 5.41) is 0. The van der Waals surface area contributed by atoms with Gasteiger partial charge in [0.25, 0.3) is 0 Å². The highest BCUT2D eigenvalue weighted by Crippen LogP contribution is 2.50. The van der Waals surface area contributed by atoms with Crippen LogP contribution in [0.4, 0.5) is 4.39 Å². The lowest BCUT2D eigenvalue weighted by Gasteiger charge is -2.33. The number of cyclic esters (lactones) is 1. The first-order valence-electron chi connectivity index (χ1n) is 7.63. The third-order valence-corrected chi connectivity index (χ3v) is 4.36. The van der Waals surface area contributed by atoms with Crippen LogP contribution in [0.25, 0.3) is 0 Å². The minimum absolute atomic E-state index is 0.184. The molecule has 1 aliphatic carbocycles. The molecule has 1 aromatic rings. The van der Waals surface area contributed by atoms with Crippen molar-refractivity contribution in [2.24, 2.45) is 11.3 Å². The van der Waals surface area contributed by atoms with Crippen molar-refractivity contribution in [2.75, 3.05) is 0 Å². The van der Waals surface area contributed by atoms with Gasteiger partial charge in [-0.3, -0.25) is 0 Å². The van der Waals surface area contributed by atoms with Crippen molar-refractivity contribution >= 4 is 5.97 Å². The highest BCUT2D eigenvalue weighted by atomic mass is 19.1. The molecule has 4 heteroatoms. The van der Waals surface area contributed by atoms with Crippen LogP contribution in [0, 0.1) is 11.3 Å². The van der Waals surface area contributed by atoms with Gasteiger partial charge < -0.3 is 9.47 Å². The second-order valence-electron chi connectivity index (χ2n) is 7.11. The summed E-state index contributed by atoms with van der Waals surface area (Å²) in [4.78, 5) is 12.8. The number of esters is 1. The highest BCUT2D eigenvalue weighted by Gasteiger charge is 2.59. The zero-order chi connectivity index (χ0) is 16.0. The van der Waals surface area contributed by atoms with Crippen molar-refractivity contribution in [3.8, 4) is 0 Å². The van der Waals surface area contributed by atoms with Crippen LogP contribution in [0.5, 0.6) is 0 Å². The number of ether oxygens (including phenoxy) is 2. The first kappa shape index (κ1) is 15.2. The number of halogens is 1. The summed E-state index contributed by atoms with van der Waals surface area (Å²) in [5.41, 5.74) is -0.819. The van der Waals surface area contributed by atoms with Gasteiger partial charge in [0.2, 0.25) is 6.29 Å². The predicted molar refractivity (Wildman–Crippen MR) is 80.5 cm³/mol. The zero-order valence-electron chi connectivity index (χ0n) is 13.1. The fourth-order valence-electron chi connectivity index (χ4n) is 3.13. The van der Waals surface area contributed by atoms with Gasteiger partial charge in [-0.1, -0.05) is 57.2 Å². The Bertz CT molecular complexity index is 603. The second-order valence-corrected chi connectivity index (χ2v) is 7.11. The van der Waals surface area contributed by atoms with Gasteiger partial charge in [-0.25, -0.2) is 9.18 Å². The van der Waals surface area contributed by atoms with Gasteiger partial charge in [0.15, 0.2) is 5.60 Å². The maximum absolute atomic E-state index is 13.6. The fraction of sp³-hybridized carbons (Fsp3) is 0.500. The largest absolute Gasteiger partial charge is 0.433 e. The molecule has 0 saturated carbocycles. The Balaban J connectivity index is 2.04. The van der Waals surface area contributed by atoms with E-state index < -0.39 is 17.9 Å². The van der Waals surface area contributed by atoms with E-state index in [0.29, 0.717) is 6.42 Å². The number of rotatable bonds is 2. The minimum atomic E-state index is -1.22. The molecule has 0 radical (unpaired) electrons. The molecule has 0 amide bonds. The van der Waals surface area contributed by atoms with Gasteiger partial charge in [0.1, 0.15) is 0 Å². The number of hydrogen-bond acceptors (Lipinski definition) is 3. The van der Waals surface area contributed by atoms with Gasteiger partial charge >= 0.3 is 5.97 Å². The fourth-order valence-corrected chi connectivity index (χ4v) is 3.13. The summed E-state index contributed by atoms with van der Waals surface area (Å²) in [7, 11) is 0. The number of allylic oxidation sites excluding steroid dienone is 2. The van der Waals surface area contributed by atoms with E-state index in [1.807, 2.05) is 51.1 Å². The molecular formula is C18H21FO3. The van der Waals surface area contributed by atoms with E-state index in [9.17, 15) is 9.18 Å². The van der Waals surface area contributed by atoms with Crippen LogP contribution >= 0.6 is 0 Å². The summed E-state index contributed by atoms with van der Waals surface area (Å²) >= 11 is 0. The molecule has 118 valence electrons. The van der Waals surface area contributed by atoms with E-state index in [1.54, 1.807) is 0 Å². The zero-order valence-corrected chi connectivity index (χ0v) is 13.1. The van der Waals surface area contributed by atoms with Gasteiger partial charge in [-0.2, -0.15) is 0 Å². The lowest BCUT2D eigenvalue weighted by Crippen LogP contribution is -2.41. The van der Waals surface area contributed by atoms with E-state index in [1.165, 1.54) is 6.08 Å². The Morgan fingerprint density at radius 2 is 1.91 bits per heavy atom. The molecule has 1 fully saturated rings. The number of hydrogen-bond donors (Lipinski definition) is 0. The van der Waals surface area contributed by atoms with Crippen LogP contribution in [0.2, 0.25) is 0 Å². The first-order valence-corrected chi connectivity index (χ1v) is 7.63. The molecule has 0 N–H and O–H groups in total. The summed E-state index contributed by atoms with van der Waals surface area (Å²) in [6.45, 7) is 5.87. The average Bonchev–Trinajstić information content (AvgIpc) is 3.04. The van der Waals surface area contributed by atoms with Crippen molar-refractivity contribution in [2.45, 2.75) is 45.5 Å². The quantitative estimate of drug-likeness (QED) is 0.772. The molecule has 22 heavy (non-hydrogen) atoms. The molecule has 0 spiro atoms. The molecule has 1 heterocycles. The molecule has 3 rings (SSSR count). The summed E-state index contributed by atoms with van der Waals surface area (Å²) in [6, 6.07) is 9.30. The topological polar surface area (TPSA) is 35.5 Å². The maximum atomic E-state index is 13.6. The van der Waals surface area contributed by atoms with Crippen LogP contribution in [0.3, 0.4) is 0 Å². The molecule has 1 aromatic carbocycles. The number of carbonyl (C=O) groups excluding carboxylic acids is 1.